The molecule has 1 atom stereocenters. The molecule has 0 aliphatic rings. The first-order valence-electron chi connectivity index (χ1n) is 7.00. The Morgan fingerprint density at radius 3 is 3.09 bits per heavy atom. The van der Waals surface area contributed by atoms with E-state index < -0.39 is 0 Å². The number of fused-ring (bicyclic) bond motifs is 1. The summed E-state index contributed by atoms with van der Waals surface area (Å²) in [5.74, 6) is -0.302. The van der Waals surface area contributed by atoms with E-state index in [0.717, 1.165) is 15.9 Å². The molecule has 0 radical (unpaired) electrons. The van der Waals surface area contributed by atoms with Crippen LogP contribution in [-0.4, -0.2) is 21.7 Å². The maximum atomic E-state index is 12.1. The van der Waals surface area contributed by atoms with Gasteiger partial charge in [0, 0.05) is 11.4 Å². The van der Waals surface area contributed by atoms with Gasteiger partial charge in [-0.1, -0.05) is 25.1 Å². The van der Waals surface area contributed by atoms with Crippen LogP contribution in [0.2, 0.25) is 0 Å². The number of nitrogens with zero attached hydrogens (tertiary/aromatic N) is 3. The molecule has 1 amide bonds. The van der Waals surface area contributed by atoms with Gasteiger partial charge < -0.3 is 4.57 Å². The molecule has 0 bridgehead atoms. The van der Waals surface area contributed by atoms with Gasteiger partial charge in [0.15, 0.2) is 0 Å². The zero-order valence-corrected chi connectivity index (χ0v) is 13.0. The Balaban J connectivity index is 1.61. The fourth-order valence-corrected chi connectivity index (χ4v) is 2.75. The Kier molecular flexibility index (Phi) is 4.29. The molecule has 0 unspecified atom stereocenters. The number of rotatable bonds is 5. The Morgan fingerprint density at radius 1 is 1.41 bits per heavy atom. The number of imidazole rings is 1. The highest BCUT2D eigenvalue weighted by atomic mass is 32.1. The number of benzene rings is 1. The van der Waals surface area contributed by atoms with Crippen LogP contribution < -0.4 is 5.43 Å². The second kappa shape index (κ2) is 6.53. The maximum Gasteiger partial charge on any atom is 0.244 e. The van der Waals surface area contributed by atoms with E-state index in [2.05, 4.69) is 15.5 Å². The molecule has 0 aliphatic carbocycles. The first-order chi connectivity index (χ1) is 10.7. The SMILES string of the molecule is C[C@@H](Cn1cnc2ccccc21)C(=O)N/N=C\c1cccs1. The first kappa shape index (κ1) is 14.5. The van der Waals surface area contributed by atoms with Gasteiger partial charge in [-0.05, 0) is 23.6 Å². The molecule has 1 aromatic carbocycles. The molecular formula is C16H16N4OS. The number of hydrogen-bond donors (Lipinski definition) is 1. The molecular weight excluding hydrogens is 296 g/mol. The molecule has 2 aromatic heterocycles. The lowest BCUT2D eigenvalue weighted by Gasteiger charge is -2.11. The minimum absolute atomic E-state index is 0.106. The van der Waals surface area contributed by atoms with Crippen molar-refractivity contribution in [3.8, 4) is 0 Å². The molecule has 0 spiro atoms. The second-order valence-corrected chi connectivity index (χ2v) is 6.02. The van der Waals surface area contributed by atoms with Crippen LogP contribution in [0.25, 0.3) is 11.0 Å². The normalized spacial score (nSPS) is 12.8. The van der Waals surface area contributed by atoms with Crippen molar-refractivity contribution in [2.24, 2.45) is 11.0 Å². The van der Waals surface area contributed by atoms with Crippen molar-refractivity contribution in [2.75, 3.05) is 0 Å². The lowest BCUT2D eigenvalue weighted by atomic mass is 10.1. The zero-order chi connectivity index (χ0) is 15.4. The molecule has 0 aliphatic heterocycles. The van der Waals surface area contributed by atoms with Crippen LogP contribution in [0.4, 0.5) is 0 Å². The van der Waals surface area contributed by atoms with E-state index in [9.17, 15) is 4.79 Å². The van der Waals surface area contributed by atoms with Gasteiger partial charge in [-0.25, -0.2) is 10.4 Å². The van der Waals surface area contributed by atoms with Crippen LogP contribution in [0.1, 0.15) is 11.8 Å². The monoisotopic (exact) mass is 312 g/mol. The van der Waals surface area contributed by atoms with Crippen molar-refractivity contribution in [2.45, 2.75) is 13.5 Å². The summed E-state index contributed by atoms with van der Waals surface area (Å²) in [5, 5.41) is 5.96. The summed E-state index contributed by atoms with van der Waals surface area (Å²) >= 11 is 1.58. The number of hydrazone groups is 1. The highest BCUT2D eigenvalue weighted by Crippen LogP contribution is 2.13. The Hall–Kier alpha value is -2.47. The summed E-state index contributed by atoms with van der Waals surface area (Å²) in [6.45, 7) is 2.45. The van der Waals surface area contributed by atoms with Crippen molar-refractivity contribution < 1.29 is 4.79 Å². The number of aromatic nitrogens is 2. The molecule has 5 nitrogen and oxygen atoms in total. The average molecular weight is 312 g/mol. The Labute approximate surface area is 132 Å². The number of hydrogen-bond acceptors (Lipinski definition) is 4. The highest BCUT2D eigenvalue weighted by Gasteiger charge is 2.14. The van der Waals surface area contributed by atoms with Gasteiger partial charge in [-0.3, -0.25) is 4.79 Å². The summed E-state index contributed by atoms with van der Waals surface area (Å²) in [5.41, 5.74) is 4.55. The maximum absolute atomic E-state index is 12.1. The number of carbonyl (C=O) groups excluding carboxylic acids is 1. The molecule has 6 heteroatoms. The van der Waals surface area contributed by atoms with Gasteiger partial charge in [0.05, 0.1) is 29.5 Å². The molecule has 1 N–H and O–H groups in total. The van der Waals surface area contributed by atoms with Gasteiger partial charge in [-0.2, -0.15) is 5.10 Å². The fourth-order valence-electron chi connectivity index (χ4n) is 2.17. The number of carbonyl (C=O) groups is 1. The number of thiophene rings is 1. The van der Waals surface area contributed by atoms with Crippen molar-refractivity contribution in [1.29, 1.82) is 0 Å². The number of para-hydroxylation sites is 2. The van der Waals surface area contributed by atoms with E-state index in [-0.39, 0.29) is 11.8 Å². The minimum Gasteiger partial charge on any atom is -0.330 e. The van der Waals surface area contributed by atoms with Crippen LogP contribution in [0.15, 0.2) is 53.2 Å². The first-order valence-corrected chi connectivity index (χ1v) is 7.88. The van der Waals surface area contributed by atoms with E-state index in [1.54, 1.807) is 23.9 Å². The van der Waals surface area contributed by atoms with Crippen LogP contribution in [0.3, 0.4) is 0 Å². The summed E-state index contributed by atoms with van der Waals surface area (Å²) in [6, 6.07) is 11.8. The number of amides is 1. The minimum atomic E-state index is -0.196. The van der Waals surface area contributed by atoms with E-state index >= 15 is 0 Å². The molecule has 0 saturated heterocycles. The molecule has 3 aromatic rings. The molecule has 2 heterocycles. The molecule has 112 valence electrons. The lowest BCUT2D eigenvalue weighted by Crippen LogP contribution is -2.27. The van der Waals surface area contributed by atoms with E-state index in [0.29, 0.717) is 6.54 Å². The van der Waals surface area contributed by atoms with Gasteiger partial charge in [-0.15, -0.1) is 11.3 Å². The van der Waals surface area contributed by atoms with Crippen molar-refractivity contribution in [3.05, 3.63) is 53.0 Å². The molecule has 22 heavy (non-hydrogen) atoms. The third-order valence-corrected chi connectivity index (χ3v) is 4.16. The fraction of sp³-hybridized carbons (Fsp3) is 0.188. The van der Waals surface area contributed by atoms with Crippen molar-refractivity contribution in [1.82, 2.24) is 15.0 Å². The summed E-state index contributed by atoms with van der Waals surface area (Å²) in [4.78, 5) is 17.4. The summed E-state index contributed by atoms with van der Waals surface area (Å²) < 4.78 is 1.99. The van der Waals surface area contributed by atoms with Crippen LogP contribution >= 0.6 is 11.3 Å². The van der Waals surface area contributed by atoms with Crippen molar-refractivity contribution in [3.63, 3.8) is 0 Å². The summed E-state index contributed by atoms with van der Waals surface area (Å²) in [7, 11) is 0. The Morgan fingerprint density at radius 2 is 2.27 bits per heavy atom. The smallest absolute Gasteiger partial charge is 0.244 e. The van der Waals surface area contributed by atoms with E-state index in [1.807, 2.05) is 53.3 Å². The van der Waals surface area contributed by atoms with Gasteiger partial charge >= 0.3 is 0 Å². The highest BCUT2D eigenvalue weighted by molar-refractivity contribution is 7.11. The zero-order valence-electron chi connectivity index (χ0n) is 12.1. The van der Waals surface area contributed by atoms with Crippen molar-refractivity contribution >= 4 is 34.5 Å². The van der Waals surface area contributed by atoms with Gasteiger partial charge in [0.1, 0.15) is 0 Å². The summed E-state index contributed by atoms with van der Waals surface area (Å²) in [6.07, 6.45) is 3.42. The molecule has 0 fully saturated rings. The third kappa shape index (κ3) is 3.23. The van der Waals surface area contributed by atoms with Crippen LogP contribution in [0, 0.1) is 5.92 Å². The standard InChI is InChI=1S/C16H16N4OS/c1-12(16(21)19-18-9-13-5-4-8-22-13)10-20-11-17-14-6-2-3-7-15(14)20/h2-9,11-12H,10H2,1H3,(H,19,21)/b18-9-/t12-/m0/s1. The predicted octanol–water partition coefficient (Wildman–Crippen LogP) is 2.88. The molecule has 0 saturated carbocycles. The molecule has 3 rings (SSSR count). The van der Waals surface area contributed by atoms with Crippen LogP contribution in [0.5, 0.6) is 0 Å². The van der Waals surface area contributed by atoms with E-state index in [4.69, 9.17) is 0 Å². The second-order valence-electron chi connectivity index (χ2n) is 5.04. The quantitative estimate of drug-likeness (QED) is 0.582. The van der Waals surface area contributed by atoms with Crippen LogP contribution in [-0.2, 0) is 11.3 Å². The van der Waals surface area contributed by atoms with Gasteiger partial charge in [0.25, 0.3) is 0 Å². The Bertz CT molecular complexity index is 791. The van der Waals surface area contributed by atoms with Gasteiger partial charge in [0.2, 0.25) is 5.91 Å². The number of nitrogens with one attached hydrogen (secondary N) is 1. The third-order valence-electron chi connectivity index (χ3n) is 3.36. The van der Waals surface area contributed by atoms with E-state index in [1.165, 1.54) is 0 Å². The largest absolute Gasteiger partial charge is 0.330 e. The predicted molar refractivity (Wildman–Crippen MR) is 89.0 cm³/mol. The average Bonchev–Trinajstić information content (AvgIpc) is 3.17. The lowest BCUT2D eigenvalue weighted by molar-refractivity contribution is -0.124. The topological polar surface area (TPSA) is 59.3 Å².